The van der Waals surface area contributed by atoms with Gasteiger partial charge in [-0.1, -0.05) is 26.0 Å². The van der Waals surface area contributed by atoms with Gasteiger partial charge < -0.3 is 11.1 Å². The second kappa shape index (κ2) is 8.69. The zero-order valence-corrected chi connectivity index (χ0v) is 12.4. The van der Waals surface area contributed by atoms with Gasteiger partial charge in [-0.2, -0.15) is 0 Å². The number of carbonyl (C=O) groups is 1. The van der Waals surface area contributed by atoms with Gasteiger partial charge in [0.2, 0.25) is 5.91 Å². The Labute approximate surface area is 120 Å². The van der Waals surface area contributed by atoms with Gasteiger partial charge in [-0.3, -0.25) is 4.79 Å². The third kappa shape index (κ3) is 6.15. The molecule has 1 atom stereocenters. The Balaban J connectivity index is 2.33. The average molecular weight is 280 g/mol. The van der Waals surface area contributed by atoms with E-state index in [0.29, 0.717) is 31.3 Å². The number of hydrogen-bond donors (Lipinski definition) is 2. The first-order valence-electron chi connectivity index (χ1n) is 7.24. The molecule has 0 radical (unpaired) electrons. The molecule has 1 aromatic rings. The van der Waals surface area contributed by atoms with Crippen LogP contribution in [-0.4, -0.2) is 12.5 Å². The van der Waals surface area contributed by atoms with Gasteiger partial charge in [0.25, 0.3) is 0 Å². The van der Waals surface area contributed by atoms with Crippen molar-refractivity contribution in [3.63, 3.8) is 0 Å². The molecule has 0 aliphatic rings. The van der Waals surface area contributed by atoms with E-state index < -0.39 is 0 Å². The molecule has 1 rings (SSSR count). The van der Waals surface area contributed by atoms with Gasteiger partial charge in [-0.05, 0) is 48.9 Å². The normalized spacial score (nSPS) is 12.4. The highest BCUT2D eigenvalue weighted by Gasteiger charge is 2.14. The summed E-state index contributed by atoms with van der Waals surface area (Å²) in [4.78, 5) is 11.8. The van der Waals surface area contributed by atoms with Crippen molar-refractivity contribution in [1.82, 2.24) is 5.32 Å². The maximum atomic E-state index is 13.0. The second-order valence-corrected chi connectivity index (χ2v) is 5.53. The minimum atomic E-state index is -0.278. The minimum Gasteiger partial charge on any atom is -0.352 e. The van der Waals surface area contributed by atoms with Crippen LogP contribution in [0, 0.1) is 17.7 Å². The smallest absolute Gasteiger partial charge is 0.220 e. The lowest BCUT2D eigenvalue weighted by molar-refractivity contribution is -0.121. The molecule has 0 saturated heterocycles. The van der Waals surface area contributed by atoms with E-state index in [4.69, 9.17) is 5.73 Å². The Hall–Kier alpha value is -1.42. The van der Waals surface area contributed by atoms with E-state index in [1.165, 1.54) is 12.1 Å². The second-order valence-electron chi connectivity index (χ2n) is 5.53. The molecule has 0 fully saturated rings. The molecule has 3 nitrogen and oxygen atoms in total. The quantitative estimate of drug-likeness (QED) is 0.769. The number of hydrogen-bond acceptors (Lipinski definition) is 2. The predicted octanol–water partition coefficient (Wildman–Crippen LogP) is 2.84. The Kier molecular flexibility index (Phi) is 7.23. The van der Waals surface area contributed by atoms with Crippen molar-refractivity contribution in [1.29, 1.82) is 0 Å². The molecule has 20 heavy (non-hydrogen) atoms. The summed E-state index contributed by atoms with van der Waals surface area (Å²) in [5.74, 6) is 0.756. The molecule has 0 heterocycles. The van der Waals surface area contributed by atoms with Crippen LogP contribution < -0.4 is 11.1 Å². The number of rotatable bonds is 8. The average Bonchev–Trinajstić information content (AvgIpc) is 2.41. The molecular weight excluding hydrogens is 255 g/mol. The van der Waals surface area contributed by atoms with Crippen LogP contribution >= 0.6 is 0 Å². The lowest BCUT2D eigenvalue weighted by atomic mass is 9.88. The summed E-state index contributed by atoms with van der Waals surface area (Å²) in [6.07, 6.45) is 2.30. The topological polar surface area (TPSA) is 55.1 Å². The van der Waals surface area contributed by atoms with E-state index in [2.05, 4.69) is 19.2 Å². The maximum absolute atomic E-state index is 13.0. The number of nitrogens with one attached hydrogen (secondary N) is 1. The summed E-state index contributed by atoms with van der Waals surface area (Å²) in [6, 6.07) is 6.28. The molecule has 1 aromatic carbocycles. The Morgan fingerprint density at radius 2 is 2.10 bits per heavy atom. The van der Waals surface area contributed by atoms with Crippen LogP contribution in [0.3, 0.4) is 0 Å². The first-order chi connectivity index (χ1) is 9.52. The fraction of sp³-hybridized carbons (Fsp3) is 0.562. The third-order valence-electron chi connectivity index (χ3n) is 3.60. The molecule has 4 heteroatoms. The third-order valence-corrected chi connectivity index (χ3v) is 3.60. The highest BCUT2D eigenvalue weighted by Crippen LogP contribution is 2.20. The standard InChI is InChI=1S/C16H25FN2O/c1-12(2)14(8-9-18)6-7-16(20)19-11-13-4-3-5-15(17)10-13/h3-5,10,12,14H,6-9,11,18H2,1-2H3,(H,19,20). The number of amides is 1. The van der Waals surface area contributed by atoms with Crippen LogP contribution in [0.4, 0.5) is 4.39 Å². The molecule has 0 aliphatic carbocycles. The Morgan fingerprint density at radius 1 is 1.35 bits per heavy atom. The Morgan fingerprint density at radius 3 is 2.70 bits per heavy atom. The van der Waals surface area contributed by atoms with Crippen LogP contribution in [-0.2, 0) is 11.3 Å². The van der Waals surface area contributed by atoms with Crippen LogP contribution in [0.15, 0.2) is 24.3 Å². The molecule has 0 bridgehead atoms. The van der Waals surface area contributed by atoms with E-state index in [1.54, 1.807) is 12.1 Å². The summed E-state index contributed by atoms with van der Waals surface area (Å²) >= 11 is 0. The zero-order chi connectivity index (χ0) is 15.0. The Bertz CT molecular complexity index is 421. The summed E-state index contributed by atoms with van der Waals surface area (Å²) in [5.41, 5.74) is 6.36. The van der Waals surface area contributed by atoms with Crippen LogP contribution in [0.2, 0.25) is 0 Å². The van der Waals surface area contributed by atoms with Crippen molar-refractivity contribution in [3.05, 3.63) is 35.6 Å². The summed E-state index contributed by atoms with van der Waals surface area (Å²) in [5, 5.41) is 2.83. The van der Waals surface area contributed by atoms with Crippen molar-refractivity contribution in [2.45, 2.75) is 39.7 Å². The highest BCUT2D eigenvalue weighted by atomic mass is 19.1. The monoisotopic (exact) mass is 280 g/mol. The lowest BCUT2D eigenvalue weighted by Gasteiger charge is -2.19. The van der Waals surface area contributed by atoms with Crippen molar-refractivity contribution >= 4 is 5.91 Å². The molecule has 0 spiro atoms. The number of benzene rings is 1. The first kappa shape index (κ1) is 16.6. The summed E-state index contributed by atoms with van der Waals surface area (Å²) in [6.45, 7) is 5.35. The highest BCUT2D eigenvalue weighted by molar-refractivity contribution is 5.75. The molecule has 112 valence electrons. The van der Waals surface area contributed by atoms with Gasteiger partial charge in [0.1, 0.15) is 5.82 Å². The zero-order valence-electron chi connectivity index (χ0n) is 12.4. The van der Waals surface area contributed by atoms with E-state index in [9.17, 15) is 9.18 Å². The molecule has 0 aliphatic heterocycles. The lowest BCUT2D eigenvalue weighted by Crippen LogP contribution is -2.24. The molecule has 0 saturated carbocycles. The minimum absolute atomic E-state index is 0.0110. The van der Waals surface area contributed by atoms with Gasteiger partial charge in [-0.25, -0.2) is 4.39 Å². The largest absolute Gasteiger partial charge is 0.352 e. The van der Waals surface area contributed by atoms with Gasteiger partial charge in [0, 0.05) is 13.0 Å². The van der Waals surface area contributed by atoms with Crippen LogP contribution in [0.5, 0.6) is 0 Å². The first-order valence-corrected chi connectivity index (χ1v) is 7.24. The fourth-order valence-electron chi connectivity index (χ4n) is 2.28. The van der Waals surface area contributed by atoms with Crippen molar-refractivity contribution in [3.8, 4) is 0 Å². The predicted molar refractivity (Wildman–Crippen MR) is 79.5 cm³/mol. The fourth-order valence-corrected chi connectivity index (χ4v) is 2.28. The SMILES string of the molecule is CC(C)C(CCN)CCC(=O)NCc1cccc(F)c1. The van der Waals surface area contributed by atoms with E-state index >= 15 is 0 Å². The van der Waals surface area contributed by atoms with E-state index in [-0.39, 0.29) is 11.7 Å². The van der Waals surface area contributed by atoms with Crippen LogP contribution in [0.25, 0.3) is 0 Å². The summed E-state index contributed by atoms with van der Waals surface area (Å²) < 4.78 is 13.0. The van der Waals surface area contributed by atoms with Gasteiger partial charge in [-0.15, -0.1) is 0 Å². The maximum Gasteiger partial charge on any atom is 0.220 e. The summed E-state index contributed by atoms with van der Waals surface area (Å²) in [7, 11) is 0. The number of halogens is 1. The van der Waals surface area contributed by atoms with Crippen molar-refractivity contribution in [2.24, 2.45) is 17.6 Å². The van der Waals surface area contributed by atoms with Crippen molar-refractivity contribution < 1.29 is 9.18 Å². The molecule has 0 aromatic heterocycles. The van der Waals surface area contributed by atoms with Gasteiger partial charge in [0.15, 0.2) is 0 Å². The number of nitrogens with two attached hydrogens (primary N) is 1. The van der Waals surface area contributed by atoms with Crippen molar-refractivity contribution in [2.75, 3.05) is 6.54 Å². The van der Waals surface area contributed by atoms with E-state index in [0.717, 1.165) is 18.4 Å². The molecule has 1 amide bonds. The number of carbonyl (C=O) groups excluding carboxylic acids is 1. The van der Waals surface area contributed by atoms with Gasteiger partial charge in [0.05, 0.1) is 0 Å². The molecular formula is C16H25FN2O. The van der Waals surface area contributed by atoms with Crippen LogP contribution in [0.1, 0.15) is 38.7 Å². The molecule has 1 unspecified atom stereocenters. The molecule has 3 N–H and O–H groups in total. The van der Waals surface area contributed by atoms with E-state index in [1.807, 2.05) is 0 Å². The van der Waals surface area contributed by atoms with Gasteiger partial charge >= 0.3 is 0 Å².